The fourth-order valence-electron chi connectivity index (χ4n) is 4.79. The van der Waals surface area contributed by atoms with E-state index in [1.54, 1.807) is 4.90 Å². The maximum Gasteiger partial charge on any atom is 0.237 e. The van der Waals surface area contributed by atoms with E-state index < -0.39 is 5.41 Å². The number of likely N-dealkylation sites (N-methyl/N-ethyl adjacent to an activating group) is 1. The summed E-state index contributed by atoms with van der Waals surface area (Å²) in [6.07, 6.45) is 3.20. The van der Waals surface area contributed by atoms with Crippen molar-refractivity contribution in [2.24, 2.45) is 5.73 Å². The summed E-state index contributed by atoms with van der Waals surface area (Å²) in [5.41, 5.74) is 8.37. The molecule has 0 radical (unpaired) electrons. The first-order valence-electron chi connectivity index (χ1n) is 10.5. The largest absolute Gasteiger partial charge is 0.343 e. The number of benzene rings is 2. The van der Waals surface area contributed by atoms with Crippen LogP contribution in [0, 0.1) is 0 Å². The second-order valence-corrected chi connectivity index (χ2v) is 8.34. The normalized spacial score (nSPS) is 22.1. The molecule has 152 valence electrons. The number of carbonyl (C=O) groups is 2. The fraction of sp³-hybridized carbons (Fsp3) is 0.417. The Morgan fingerprint density at radius 2 is 1.72 bits per heavy atom. The molecule has 0 aromatic heterocycles. The minimum Gasteiger partial charge on any atom is -0.343 e. The minimum atomic E-state index is -0.700. The molecule has 5 nitrogen and oxygen atoms in total. The first-order chi connectivity index (χ1) is 14.0. The topological polar surface area (TPSA) is 66.6 Å². The number of amides is 2. The number of hydrogen-bond donors (Lipinski definition) is 1. The van der Waals surface area contributed by atoms with Crippen LogP contribution in [0.2, 0.25) is 0 Å². The van der Waals surface area contributed by atoms with E-state index in [9.17, 15) is 9.59 Å². The highest BCUT2D eigenvalue weighted by atomic mass is 16.2. The summed E-state index contributed by atoms with van der Waals surface area (Å²) in [5.74, 6) is 0.209. The first-order valence-corrected chi connectivity index (χ1v) is 10.5. The average Bonchev–Trinajstić information content (AvgIpc) is 2.96. The number of carbonyl (C=O) groups excluding carboxylic acids is 2. The number of rotatable bonds is 5. The van der Waals surface area contributed by atoms with Crippen LogP contribution in [0.1, 0.15) is 36.8 Å². The molecule has 2 heterocycles. The molecule has 2 N–H and O–H groups in total. The lowest BCUT2D eigenvalue weighted by atomic mass is 9.73. The van der Waals surface area contributed by atoms with Gasteiger partial charge in [-0.1, -0.05) is 48.5 Å². The van der Waals surface area contributed by atoms with Gasteiger partial charge in [0, 0.05) is 38.3 Å². The van der Waals surface area contributed by atoms with Crippen molar-refractivity contribution in [1.82, 2.24) is 4.90 Å². The molecule has 4 rings (SSSR count). The highest BCUT2D eigenvalue weighted by molar-refractivity contribution is 6.08. The Hall–Kier alpha value is -2.66. The molecule has 0 aliphatic carbocycles. The van der Waals surface area contributed by atoms with E-state index in [1.165, 1.54) is 0 Å². The number of nitrogens with two attached hydrogens (primary N) is 1. The van der Waals surface area contributed by atoms with E-state index in [1.807, 2.05) is 54.4 Å². The molecule has 2 aliphatic heterocycles. The standard InChI is InChI=1S/C24H29N3O2/c1-26-21-10-6-5-9-20(21)24(23(26)29,17-18-7-3-2-4-8-18)14-11-22(28)27-15-12-19(25)13-16-27/h2-10,19H,11-17,25H2,1H3/t24-/m0/s1. The quantitative estimate of drug-likeness (QED) is 0.852. The van der Waals surface area contributed by atoms with Crippen LogP contribution in [0.3, 0.4) is 0 Å². The minimum absolute atomic E-state index is 0.0796. The summed E-state index contributed by atoms with van der Waals surface area (Å²) in [6, 6.07) is 18.3. The number of piperidine rings is 1. The Balaban J connectivity index is 1.61. The molecule has 2 aromatic rings. The van der Waals surface area contributed by atoms with Crippen molar-refractivity contribution >= 4 is 17.5 Å². The Kier molecular flexibility index (Phi) is 5.41. The monoisotopic (exact) mass is 391 g/mol. The van der Waals surface area contributed by atoms with Crippen molar-refractivity contribution in [1.29, 1.82) is 0 Å². The lowest BCUT2D eigenvalue weighted by molar-refractivity contribution is -0.133. The molecule has 0 saturated carbocycles. The predicted molar refractivity (Wildman–Crippen MR) is 115 cm³/mol. The van der Waals surface area contributed by atoms with E-state index in [2.05, 4.69) is 12.1 Å². The second kappa shape index (κ2) is 7.99. The number of hydrogen-bond acceptors (Lipinski definition) is 3. The highest BCUT2D eigenvalue weighted by Crippen LogP contribution is 2.46. The summed E-state index contributed by atoms with van der Waals surface area (Å²) in [7, 11) is 1.84. The van der Waals surface area contributed by atoms with Gasteiger partial charge in [-0.15, -0.1) is 0 Å². The molecule has 1 saturated heterocycles. The van der Waals surface area contributed by atoms with Gasteiger partial charge in [-0.3, -0.25) is 9.59 Å². The predicted octanol–water partition coefficient (Wildman–Crippen LogP) is 2.87. The van der Waals surface area contributed by atoms with Gasteiger partial charge in [0.1, 0.15) is 0 Å². The third kappa shape index (κ3) is 3.67. The number of likely N-dealkylation sites (tertiary alicyclic amines) is 1. The first kappa shape index (κ1) is 19.6. The molecule has 0 spiro atoms. The van der Waals surface area contributed by atoms with Crippen molar-refractivity contribution in [3.8, 4) is 0 Å². The van der Waals surface area contributed by atoms with Crippen LogP contribution in [0.5, 0.6) is 0 Å². The third-order valence-corrected chi connectivity index (χ3v) is 6.50. The molecule has 5 heteroatoms. The Morgan fingerprint density at radius 3 is 2.45 bits per heavy atom. The van der Waals surface area contributed by atoms with E-state index in [0.717, 1.165) is 42.7 Å². The van der Waals surface area contributed by atoms with Crippen LogP contribution in [-0.2, 0) is 21.4 Å². The zero-order chi connectivity index (χ0) is 20.4. The zero-order valence-corrected chi connectivity index (χ0v) is 17.0. The molecule has 0 unspecified atom stereocenters. The van der Waals surface area contributed by atoms with Gasteiger partial charge in [0.15, 0.2) is 0 Å². The van der Waals surface area contributed by atoms with Gasteiger partial charge < -0.3 is 15.5 Å². The van der Waals surface area contributed by atoms with Crippen molar-refractivity contribution in [3.63, 3.8) is 0 Å². The molecular formula is C24H29N3O2. The zero-order valence-electron chi connectivity index (χ0n) is 17.0. The van der Waals surface area contributed by atoms with E-state index in [-0.39, 0.29) is 17.9 Å². The fourth-order valence-corrected chi connectivity index (χ4v) is 4.79. The van der Waals surface area contributed by atoms with Crippen molar-refractivity contribution in [2.75, 3.05) is 25.0 Å². The molecule has 29 heavy (non-hydrogen) atoms. The van der Waals surface area contributed by atoms with Gasteiger partial charge >= 0.3 is 0 Å². The molecular weight excluding hydrogens is 362 g/mol. The maximum absolute atomic E-state index is 13.5. The van der Waals surface area contributed by atoms with Crippen LogP contribution in [0.4, 0.5) is 5.69 Å². The Labute approximate surface area is 172 Å². The number of nitrogens with zero attached hydrogens (tertiary/aromatic N) is 2. The number of anilines is 1. The number of para-hydroxylation sites is 1. The molecule has 2 aromatic carbocycles. The molecule has 1 atom stereocenters. The van der Waals surface area contributed by atoms with Gasteiger partial charge in [-0.25, -0.2) is 0 Å². The maximum atomic E-state index is 13.5. The van der Waals surface area contributed by atoms with Gasteiger partial charge in [0.05, 0.1) is 5.41 Å². The lowest BCUT2D eigenvalue weighted by Gasteiger charge is -2.32. The van der Waals surface area contributed by atoms with Crippen LogP contribution in [0.15, 0.2) is 54.6 Å². The summed E-state index contributed by atoms with van der Waals surface area (Å²) in [5, 5.41) is 0. The Bertz CT molecular complexity index is 890. The number of fused-ring (bicyclic) bond motifs is 1. The van der Waals surface area contributed by atoms with Gasteiger partial charge in [0.25, 0.3) is 0 Å². The summed E-state index contributed by atoms with van der Waals surface area (Å²) < 4.78 is 0. The second-order valence-electron chi connectivity index (χ2n) is 8.34. The van der Waals surface area contributed by atoms with Gasteiger partial charge in [-0.2, -0.15) is 0 Å². The van der Waals surface area contributed by atoms with E-state index >= 15 is 0 Å². The van der Waals surface area contributed by atoms with Crippen LogP contribution in [0.25, 0.3) is 0 Å². The van der Waals surface area contributed by atoms with Crippen molar-refractivity contribution in [3.05, 3.63) is 65.7 Å². The lowest BCUT2D eigenvalue weighted by Crippen LogP contribution is -2.45. The average molecular weight is 392 g/mol. The van der Waals surface area contributed by atoms with E-state index in [0.29, 0.717) is 19.3 Å². The van der Waals surface area contributed by atoms with Gasteiger partial charge in [0.2, 0.25) is 11.8 Å². The third-order valence-electron chi connectivity index (χ3n) is 6.50. The van der Waals surface area contributed by atoms with Crippen LogP contribution < -0.4 is 10.6 Å². The van der Waals surface area contributed by atoms with Crippen molar-refractivity contribution < 1.29 is 9.59 Å². The highest BCUT2D eigenvalue weighted by Gasteiger charge is 2.49. The molecule has 2 aliphatic rings. The summed E-state index contributed by atoms with van der Waals surface area (Å²) in [6.45, 7) is 1.44. The summed E-state index contributed by atoms with van der Waals surface area (Å²) >= 11 is 0. The molecule has 0 bridgehead atoms. The smallest absolute Gasteiger partial charge is 0.237 e. The van der Waals surface area contributed by atoms with E-state index in [4.69, 9.17) is 5.73 Å². The Morgan fingerprint density at radius 1 is 1.07 bits per heavy atom. The van der Waals surface area contributed by atoms with Crippen molar-refractivity contribution in [2.45, 2.75) is 43.6 Å². The molecule has 2 amide bonds. The van der Waals surface area contributed by atoms with Crippen LogP contribution >= 0.6 is 0 Å². The van der Waals surface area contributed by atoms with Crippen LogP contribution in [-0.4, -0.2) is 42.9 Å². The summed E-state index contributed by atoms with van der Waals surface area (Å²) in [4.78, 5) is 30.1. The SMILES string of the molecule is CN1C(=O)[C@@](CCC(=O)N2CCC(N)CC2)(Cc2ccccc2)c2ccccc21. The molecule has 1 fully saturated rings. The van der Waals surface area contributed by atoms with Gasteiger partial charge in [-0.05, 0) is 42.9 Å².